The number of hydrogen-bond donors (Lipinski definition) is 0. The minimum absolute atomic E-state index is 0.0309. The van der Waals surface area contributed by atoms with Gasteiger partial charge < -0.3 is 4.43 Å². The number of rotatable bonds is 1. The van der Waals surface area contributed by atoms with Gasteiger partial charge in [-0.25, -0.2) is 0 Å². The van der Waals surface area contributed by atoms with Crippen LogP contribution in [0, 0.1) is 6.92 Å². The van der Waals surface area contributed by atoms with E-state index in [9.17, 15) is 4.79 Å². The van der Waals surface area contributed by atoms with Gasteiger partial charge in [0.1, 0.15) is 0 Å². The Morgan fingerprint density at radius 3 is 1.12 bits per heavy atom. The van der Waals surface area contributed by atoms with E-state index in [0.717, 1.165) is 0 Å². The van der Waals surface area contributed by atoms with Crippen LogP contribution in [0.3, 0.4) is 0 Å². The van der Waals surface area contributed by atoms with Crippen LogP contribution in [0.4, 0.5) is 0 Å². The molecule has 0 aliphatic carbocycles. The zero-order valence-electron chi connectivity index (χ0n) is 13.0. The predicted octanol–water partition coefficient (Wildman–Crippen LogP) is 4.71. The Bertz CT molecular complexity index is 251. The smallest absolute Gasteiger partial charge is 0.293 e. The summed E-state index contributed by atoms with van der Waals surface area (Å²) < 4.78 is 5.92. The SMILES string of the molecule is [CH2]C(=O)O[Si](C(C)(C)C)(C(C)(C)C)C(C)(C)C. The van der Waals surface area contributed by atoms with Gasteiger partial charge in [-0.3, -0.25) is 4.79 Å². The molecule has 0 unspecified atom stereocenters. The van der Waals surface area contributed by atoms with E-state index in [0.29, 0.717) is 0 Å². The van der Waals surface area contributed by atoms with Gasteiger partial charge >= 0.3 is 0 Å². The van der Waals surface area contributed by atoms with Gasteiger partial charge in [0.05, 0.1) is 6.92 Å². The molecular weight excluding hydrogens is 228 g/mol. The standard InChI is InChI=1S/C14H29O2Si/c1-11(15)16-17(12(2,3)4,13(5,6)7)14(8,9)10/h1H2,2-10H3. The van der Waals surface area contributed by atoms with Crippen LogP contribution in [0.5, 0.6) is 0 Å². The monoisotopic (exact) mass is 257 g/mol. The van der Waals surface area contributed by atoms with Gasteiger partial charge in [-0.2, -0.15) is 0 Å². The molecule has 0 aromatic rings. The Labute approximate surface area is 108 Å². The molecule has 0 aliphatic rings. The first-order valence-corrected chi connectivity index (χ1v) is 8.12. The summed E-state index contributed by atoms with van der Waals surface area (Å²) in [7, 11) is -2.38. The average Bonchev–Trinajstić information content (AvgIpc) is 1.91. The van der Waals surface area contributed by atoms with Crippen molar-refractivity contribution in [3.8, 4) is 0 Å². The summed E-state index contributed by atoms with van der Waals surface area (Å²) in [5.74, 6) is -0.392. The molecule has 0 amide bonds. The van der Waals surface area contributed by atoms with Gasteiger partial charge in [0, 0.05) is 0 Å². The molecule has 17 heavy (non-hydrogen) atoms. The Morgan fingerprint density at radius 1 is 0.824 bits per heavy atom. The van der Waals surface area contributed by atoms with Crippen molar-refractivity contribution in [1.29, 1.82) is 0 Å². The Morgan fingerprint density at radius 2 is 1.06 bits per heavy atom. The van der Waals surface area contributed by atoms with Crippen LogP contribution in [0.15, 0.2) is 0 Å². The summed E-state index contributed by atoms with van der Waals surface area (Å²) in [5, 5.41) is -0.0927. The van der Waals surface area contributed by atoms with Crippen LogP contribution in [0.1, 0.15) is 62.3 Å². The molecule has 1 radical (unpaired) electrons. The normalized spacial score (nSPS) is 14.7. The molecule has 0 fully saturated rings. The lowest BCUT2D eigenvalue weighted by atomic mass is 10.2. The van der Waals surface area contributed by atoms with E-state index in [2.05, 4.69) is 69.2 Å². The largest absolute Gasteiger partial charge is 0.517 e. The third-order valence-corrected chi connectivity index (χ3v) is 10.3. The highest BCUT2D eigenvalue weighted by Crippen LogP contribution is 2.62. The first-order chi connectivity index (χ1) is 7.17. The number of carbonyl (C=O) groups is 1. The fraction of sp³-hybridized carbons (Fsp3) is 0.857. The van der Waals surface area contributed by atoms with Crippen molar-refractivity contribution >= 4 is 14.3 Å². The highest BCUT2D eigenvalue weighted by atomic mass is 28.4. The van der Waals surface area contributed by atoms with Crippen molar-refractivity contribution in [3.63, 3.8) is 0 Å². The molecule has 0 aliphatic heterocycles. The number of carbonyl (C=O) groups excluding carboxylic acids is 1. The molecule has 0 aromatic heterocycles. The van der Waals surface area contributed by atoms with E-state index < -0.39 is 14.3 Å². The lowest BCUT2D eigenvalue weighted by Gasteiger charge is -2.56. The second-order valence-corrected chi connectivity index (χ2v) is 14.0. The van der Waals surface area contributed by atoms with E-state index in [1.807, 2.05) is 0 Å². The third kappa shape index (κ3) is 2.93. The molecule has 0 saturated heterocycles. The Balaban J connectivity index is 6.02. The molecule has 0 spiro atoms. The van der Waals surface area contributed by atoms with Crippen LogP contribution in [0.25, 0.3) is 0 Å². The predicted molar refractivity (Wildman–Crippen MR) is 76.3 cm³/mol. The summed E-state index contributed by atoms with van der Waals surface area (Å²) >= 11 is 0. The lowest BCUT2D eigenvalue weighted by molar-refractivity contribution is -0.131. The molecule has 0 rings (SSSR count). The molecule has 0 N–H and O–H groups in total. The van der Waals surface area contributed by atoms with E-state index in [-0.39, 0.29) is 15.1 Å². The molecule has 0 saturated carbocycles. The van der Waals surface area contributed by atoms with E-state index in [1.54, 1.807) is 0 Å². The summed E-state index contributed by atoms with van der Waals surface area (Å²) in [4.78, 5) is 11.5. The fourth-order valence-electron chi connectivity index (χ4n) is 4.01. The molecular formula is C14H29O2Si. The van der Waals surface area contributed by atoms with E-state index in [4.69, 9.17) is 4.43 Å². The van der Waals surface area contributed by atoms with Crippen molar-refractivity contribution in [3.05, 3.63) is 6.92 Å². The van der Waals surface area contributed by atoms with Crippen molar-refractivity contribution in [1.82, 2.24) is 0 Å². The zero-order chi connectivity index (χ0) is 14.3. The van der Waals surface area contributed by atoms with Crippen LogP contribution in [-0.2, 0) is 9.22 Å². The van der Waals surface area contributed by atoms with E-state index >= 15 is 0 Å². The van der Waals surface area contributed by atoms with Gasteiger partial charge in [0.2, 0.25) is 0 Å². The fourth-order valence-corrected chi connectivity index (χ4v) is 12.0. The van der Waals surface area contributed by atoms with Gasteiger partial charge in [-0.15, -0.1) is 0 Å². The summed E-state index contributed by atoms with van der Waals surface area (Å²) in [6, 6.07) is 0. The molecule has 0 heterocycles. The lowest BCUT2D eigenvalue weighted by Crippen LogP contribution is -2.61. The van der Waals surface area contributed by atoms with Gasteiger partial charge in [-0.1, -0.05) is 62.3 Å². The molecule has 2 nitrogen and oxygen atoms in total. The summed E-state index contributed by atoms with van der Waals surface area (Å²) in [5.41, 5.74) is 0. The zero-order valence-corrected chi connectivity index (χ0v) is 14.0. The minimum Gasteiger partial charge on any atom is -0.517 e. The molecule has 0 atom stereocenters. The Hall–Kier alpha value is -0.313. The van der Waals surface area contributed by atoms with Crippen molar-refractivity contribution in [2.45, 2.75) is 77.4 Å². The number of hydrogen-bond acceptors (Lipinski definition) is 2. The van der Waals surface area contributed by atoms with Gasteiger partial charge in [0.25, 0.3) is 14.3 Å². The molecule has 0 bridgehead atoms. The maximum atomic E-state index is 11.5. The van der Waals surface area contributed by atoms with Crippen LogP contribution < -0.4 is 0 Å². The van der Waals surface area contributed by atoms with Crippen LogP contribution >= 0.6 is 0 Å². The van der Waals surface area contributed by atoms with Crippen LogP contribution in [-0.4, -0.2) is 14.3 Å². The van der Waals surface area contributed by atoms with E-state index in [1.165, 1.54) is 0 Å². The topological polar surface area (TPSA) is 26.3 Å². The Kier molecular flexibility index (Phi) is 4.33. The molecule has 3 heteroatoms. The first-order valence-electron chi connectivity index (χ1n) is 6.22. The molecule has 0 aromatic carbocycles. The summed E-state index contributed by atoms with van der Waals surface area (Å²) in [6.07, 6.45) is 0. The molecule has 101 valence electrons. The minimum atomic E-state index is -2.38. The first kappa shape index (κ1) is 16.7. The second-order valence-electron chi connectivity index (χ2n) is 7.91. The highest BCUT2D eigenvalue weighted by molar-refractivity contribution is 6.83. The van der Waals surface area contributed by atoms with Crippen LogP contribution in [0.2, 0.25) is 15.1 Å². The highest BCUT2D eigenvalue weighted by Gasteiger charge is 2.64. The van der Waals surface area contributed by atoms with Crippen molar-refractivity contribution in [2.75, 3.05) is 0 Å². The van der Waals surface area contributed by atoms with Gasteiger partial charge in [-0.05, 0) is 15.1 Å². The van der Waals surface area contributed by atoms with Crippen molar-refractivity contribution in [2.24, 2.45) is 0 Å². The second kappa shape index (κ2) is 4.41. The maximum Gasteiger partial charge on any atom is 0.293 e. The van der Waals surface area contributed by atoms with Gasteiger partial charge in [0.15, 0.2) is 0 Å². The average molecular weight is 257 g/mol. The quantitative estimate of drug-likeness (QED) is 0.636. The summed E-state index contributed by atoms with van der Waals surface area (Å²) in [6.45, 7) is 23.1. The van der Waals surface area contributed by atoms with Crippen molar-refractivity contribution < 1.29 is 9.22 Å². The third-order valence-electron chi connectivity index (χ3n) is 3.44. The maximum absolute atomic E-state index is 11.5.